The molecule has 0 aromatic heterocycles. The highest BCUT2D eigenvalue weighted by molar-refractivity contribution is 6.30. The van der Waals surface area contributed by atoms with Gasteiger partial charge in [0.2, 0.25) is 5.91 Å². The van der Waals surface area contributed by atoms with Crippen LogP contribution in [0.25, 0.3) is 16.8 Å². The van der Waals surface area contributed by atoms with Crippen LogP contribution in [0, 0.1) is 5.92 Å². The normalized spacial score (nSPS) is 24.7. The van der Waals surface area contributed by atoms with Gasteiger partial charge in [0, 0.05) is 27.5 Å². The zero-order chi connectivity index (χ0) is 26.2. The Morgan fingerprint density at radius 3 is 2.45 bits per heavy atom. The van der Waals surface area contributed by atoms with Crippen molar-refractivity contribution < 1.29 is 14.4 Å². The fourth-order valence-corrected chi connectivity index (χ4v) is 7.01. The molecule has 0 radical (unpaired) electrons. The van der Waals surface area contributed by atoms with Gasteiger partial charge in [-0.1, -0.05) is 72.3 Å². The molecule has 1 spiro atoms. The zero-order valence-corrected chi connectivity index (χ0v) is 21.3. The van der Waals surface area contributed by atoms with E-state index in [1.807, 2.05) is 65.6 Å². The van der Waals surface area contributed by atoms with E-state index in [4.69, 9.17) is 11.6 Å². The smallest absolute Gasteiger partial charge is 0.238 e. The number of hydrogen-bond acceptors (Lipinski definition) is 4. The predicted octanol–water partition coefficient (Wildman–Crippen LogP) is 6.06. The minimum absolute atomic E-state index is 0.161. The standard InChI is InChI=1S/C32H23ClN2O3/c1-18(36)29-28(30(37)20-10-13-21(33)14-11-20)32(24-8-4-5-9-25(24)34-31(32)38)27-17-15-23-22-7-3-2-6-19(22)12-16-26(23)35(27)29/h2-17,27-29H,1H3,(H,34,38). The molecule has 7 rings (SSSR count). The molecule has 186 valence electrons. The number of anilines is 2. The molecule has 6 heteroatoms. The van der Waals surface area contributed by atoms with Gasteiger partial charge < -0.3 is 10.2 Å². The van der Waals surface area contributed by atoms with E-state index in [1.54, 1.807) is 24.3 Å². The number of nitrogens with zero attached hydrogens (tertiary/aromatic N) is 1. The summed E-state index contributed by atoms with van der Waals surface area (Å²) in [6.45, 7) is 1.51. The Bertz CT molecular complexity index is 1710. The molecule has 1 saturated heterocycles. The van der Waals surface area contributed by atoms with Crippen molar-refractivity contribution >= 4 is 57.3 Å². The number of carbonyl (C=O) groups is 3. The average Bonchev–Trinajstić information content (AvgIpc) is 3.41. The quantitative estimate of drug-likeness (QED) is 0.335. The van der Waals surface area contributed by atoms with E-state index in [2.05, 4.69) is 17.4 Å². The largest absolute Gasteiger partial charge is 0.352 e. The van der Waals surface area contributed by atoms with Crippen LogP contribution in [-0.2, 0) is 15.0 Å². The van der Waals surface area contributed by atoms with Crippen LogP contribution in [-0.4, -0.2) is 29.6 Å². The van der Waals surface area contributed by atoms with E-state index in [0.29, 0.717) is 16.3 Å². The van der Waals surface area contributed by atoms with Crippen LogP contribution in [0.1, 0.15) is 28.4 Å². The third kappa shape index (κ3) is 2.91. The molecular formula is C32H23ClN2O3. The average molecular weight is 519 g/mol. The van der Waals surface area contributed by atoms with Gasteiger partial charge in [0.15, 0.2) is 11.6 Å². The third-order valence-electron chi connectivity index (χ3n) is 8.37. The van der Waals surface area contributed by atoms with Crippen LogP contribution < -0.4 is 10.2 Å². The van der Waals surface area contributed by atoms with Gasteiger partial charge in [0.05, 0.1) is 18.0 Å². The van der Waals surface area contributed by atoms with Crippen LogP contribution in [0.3, 0.4) is 0 Å². The van der Waals surface area contributed by atoms with Crippen molar-refractivity contribution in [2.45, 2.75) is 24.4 Å². The highest BCUT2D eigenvalue weighted by Crippen LogP contribution is 2.58. The molecule has 5 nitrogen and oxygen atoms in total. The van der Waals surface area contributed by atoms with Gasteiger partial charge in [0.1, 0.15) is 5.41 Å². The fraction of sp³-hybridized carbons (Fsp3) is 0.156. The molecule has 0 aliphatic carbocycles. The summed E-state index contributed by atoms with van der Waals surface area (Å²) in [5, 5.41) is 5.69. The number of halogens is 1. The molecule has 0 saturated carbocycles. The molecule has 1 N–H and O–H groups in total. The summed E-state index contributed by atoms with van der Waals surface area (Å²) in [7, 11) is 0. The number of benzene rings is 4. The monoisotopic (exact) mass is 518 g/mol. The second-order valence-corrected chi connectivity index (χ2v) is 10.6. The molecule has 1 amide bonds. The van der Waals surface area contributed by atoms with Crippen molar-refractivity contribution in [2.24, 2.45) is 5.92 Å². The number of para-hydroxylation sites is 1. The number of Topliss-reactive ketones (excluding diaryl/α,β-unsaturated/α-hetero) is 2. The van der Waals surface area contributed by atoms with E-state index < -0.39 is 23.4 Å². The zero-order valence-electron chi connectivity index (χ0n) is 20.5. The van der Waals surface area contributed by atoms with Crippen LogP contribution >= 0.6 is 11.6 Å². The molecule has 1 fully saturated rings. The Balaban J connectivity index is 1.53. The van der Waals surface area contributed by atoms with Crippen molar-refractivity contribution in [2.75, 3.05) is 10.2 Å². The molecule has 4 aromatic carbocycles. The number of nitrogens with one attached hydrogen (secondary N) is 1. The molecule has 4 aromatic rings. The molecule has 38 heavy (non-hydrogen) atoms. The maximum absolute atomic E-state index is 14.4. The maximum atomic E-state index is 14.4. The number of carbonyl (C=O) groups excluding carboxylic acids is 3. The Labute approximate surface area is 224 Å². The summed E-state index contributed by atoms with van der Waals surface area (Å²) in [6.07, 6.45) is 4.04. The Hall–Kier alpha value is -4.22. The van der Waals surface area contributed by atoms with Gasteiger partial charge in [-0.25, -0.2) is 0 Å². The summed E-state index contributed by atoms with van der Waals surface area (Å²) in [4.78, 5) is 44.2. The Kier molecular flexibility index (Phi) is 4.91. The third-order valence-corrected chi connectivity index (χ3v) is 8.62. The second-order valence-electron chi connectivity index (χ2n) is 10.2. The first kappa shape index (κ1) is 22.9. The van der Waals surface area contributed by atoms with Gasteiger partial charge in [0.25, 0.3) is 0 Å². The molecule has 3 aliphatic rings. The van der Waals surface area contributed by atoms with Gasteiger partial charge in [-0.05, 0) is 59.7 Å². The number of amides is 1. The highest BCUT2D eigenvalue weighted by atomic mass is 35.5. The minimum Gasteiger partial charge on any atom is -0.352 e. The van der Waals surface area contributed by atoms with E-state index >= 15 is 0 Å². The lowest BCUT2D eigenvalue weighted by Gasteiger charge is -2.38. The van der Waals surface area contributed by atoms with Crippen molar-refractivity contribution in [1.82, 2.24) is 0 Å². The molecule has 3 heterocycles. The second kappa shape index (κ2) is 8.14. The number of hydrogen-bond donors (Lipinski definition) is 1. The van der Waals surface area contributed by atoms with Gasteiger partial charge in [-0.3, -0.25) is 14.4 Å². The molecule has 4 atom stereocenters. The van der Waals surface area contributed by atoms with E-state index in [0.717, 1.165) is 27.6 Å². The number of fused-ring (bicyclic) bond motifs is 8. The lowest BCUT2D eigenvalue weighted by molar-refractivity contribution is -0.122. The lowest BCUT2D eigenvalue weighted by Crippen LogP contribution is -2.51. The molecule has 0 bridgehead atoms. The SMILES string of the molecule is CC(=O)C1C(C(=O)c2ccc(Cl)cc2)C2(C(=O)Nc3ccccc32)C2C=Cc3c(ccc4ccccc34)N12. The summed E-state index contributed by atoms with van der Waals surface area (Å²) in [6, 6.07) is 24.9. The van der Waals surface area contributed by atoms with Gasteiger partial charge in [-0.2, -0.15) is 0 Å². The van der Waals surface area contributed by atoms with E-state index in [1.165, 1.54) is 6.92 Å². The van der Waals surface area contributed by atoms with Crippen LogP contribution in [0.2, 0.25) is 5.02 Å². The number of rotatable bonds is 3. The lowest BCUT2D eigenvalue weighted by atomic mass is 9.64. The van der Waals surface area contributed by atoms with Crippen LogP contribution in [0.15, 0.2) is 91.0 Å². The first-order chi connectivity index (χ1) is 18.4. The van der Waals surface area contributed by atoms with Crippen molar-refractivity contribution in [3.63, 3.8) is 0 Å². The summed E-state index contributed by atoms with van der Waals surface area (Å²) < 4.78 is 0. The highest BCUT2D eigenvalue weighted by Gasteiger charge is 2.69. The van der Waals surface area contributed by atoms with Crippen molar-refractivity contribution in [3.8, 4) is 0 Å². The van der Waals surface area contributed by atoms with Crippen LogP contribution in [0.4, 0.5) is 11.4 Å². The maximum Gasteiger partial charge on any atom is 0.238 e. The summed E-state index contributed by atoms with van der Waals surface area (Å²) in [5.74, 6) is -1.62. The van der Waals surface area contributed by atoms with Gasteiger partial charge in [-0.15, -0.1) is 0 Å². The molecular weight excluding hydrogens is 496 g/mol. The minimum atomic E-state index is -1.29. The Morgan fingerprint density at radius 2 is 1.66 bits per heavy atom. The predicted molar refractivity (Wildman–Crippen MR) is 150 cm³/mol. The van der Waals surface area contributed by atoms with Crippen LogP contribution in [0.5, 0.6) is 0 Å². The topological polar surface area (TPSA) is 66.5 Å². The van der Waals surface area contributed by atoms with Crippen molar-refractivity contribution in [3.05, 3.63) is 113 Å². The fourth-order valence-electron chi connectivity index (χ4n) is 6.88. The molecule has 3 aliphatic heterocycles. The molecule has 4 unspecified atom stereocenters. The first-order valence-corrected chi connectivity index (χ1v) is 13.0. The first-order valence-electron chi connectivity index (χ1n) is 12.6. The number of ketones is 2. The summed E-state index contributed by atoms with van der Waals surface area (Å²) >= 11 is 6.12. The van der Waals surface area contributed by atoms with E-state index in [9.17, 15) is 14.4 Å². The van der Waals surface area contributed by atoms with E-state index in [-0.39, 0.29) is 17.5 Å². The summed E-state index contributed by atoms with van der Waals surface area (Å²) in [5.41, 5.74) is 2.37. The Morgan fingerprint density at radius 1 is 0.921 bits per heavy atom. The van der Waals surface area contributed by atoms with Crippen molar-refractivity contribution in [1.29, 1.82) is 0 Å². The van der Waals surface area contributed by atoms with Gasteiger partial charge >= 0.3 is 0 Å².